The zero-order chi connectivity index (χ0) is 15.4. The van der Waals surface area contributed by atoms with E-state index >= 15 is 0 Å². The summed E-state index contributed by atoms with van der Waals surface area (Å²) in [5, 5.41) is 0. The highest BCUT2D eigenvalue weighted by atomic mass is 19.1. The highest BCUT2D eigenvalue weighted by Gasteiger charge is 2.25. The summed E-state index contributed by atoms with van der Waals surface area (Å²) < 4.78 is 18.9. The van der Waals surface area contributed by atoms with Crippen LogP contribution in [0.5, 0.6) is 5.75 Å². The Bertz CT molecular complexity index is 469. The molecule has 1 aliphatic heterocycles. The van der Waals surface area contributed by atoms with Gasteiger partial charge in [-0.1, -0.05) is 6.07 Å². The van der Waals surface area contributed by atoms with E-state index in [1.54, 1.807) is 6.07 Å². The lowest BCUT2D eigenvalue weighted by Gasteiger charge is -2.32. The quantitative estimate of drug-likeness (QED) is 0.870. The molecule has 1 aromatic carbocycles. The van der Waals surface area contributed by atoms with Gasteiger partial charge in [0.05, 0.1) is 7.11 Å². The number of rotatable bonds is 6. The van der Waals surface area contributed by atoms with Gasteiger partial charge < -0.3 is 15.4 Å². The molecule has 21 heavy (non-hydrogen) atoms. The lowest BCUT2D eigenvalue weighted by Crippen LogP contribution is -2.40. The molecular formula is C16H26FN3O. The molecular weight excluding hydrogens is 269 g/mol. The van der Waals surface area contributed by atoms with Gasteiger partial charge in [0.25, 0.3) is 0 Å². The Balaban J connectivity index is 2.09. The standard InChI is InChI=1S/C16H26FN3O/c1-19-8-4-5-13(19)11-20(2)15(10-18)12-6-7-16(21-3)14(17)9-12/h6-7,9,13,15H,4-5,8,10-11,18H2,1-3H3. The smallest absolute Gasteiger partial charge is 0.165 e. The number of likely N-dealkylation sites (tertiary alicyclic amines) is 1. The van der Waals surface area contributed by atoms with E-state index in [-0.39, 0.29) is 17.6 Å². The molecule has 1 saturated heterocycles. The maximum Gasteiger partial charge on any atom is 0.165 e. The van der Waals surface area contributed by atoms with Crippen LogP contribution < -0.4 is 10.5 Å². The number of likely N-dealkylation sites (N-methyl/N-ethyl adjacent to an activating group) is 2. The number of ether oxygens (including phenoxy) is 1. The second-order valence-corrected chi connectivity index (χ2v) is 5.86. The van der Waals surface area contributed by atoms with Gasteiger partial charge in [-0.25, -0.2) is 4.39 Å². The molecule has 0 bridgehead atoms. The first-order valence-electron chi connectivity index (χ1n) is 7.50. The number of halogens is 1. The summed E-state index contributed by atoms with van der Waals surface area (Å²) in [6.45, 7) is 2.58. The number of nitrogens with zero attached hydrogens (tertiary/aromatic N) is 2. The van der Waals surface area contributed by atoms with Crippen molar-refractivity contribution in [1.29, 1.82) is 0 Å². The molecule has 118 valence electrons. The third kappa shape index (κ3) is 3.73. The largest absolute Gasteiger partial charge is 0.494 e. The van der Waals surface area contributed by atoms with Gasteiger partial charge >= 0.3 is 0 Å². The molecule has 1 fully saturated rings. The van der Waals surface area contributed by atoms with Gasteiger partial charge in [-0.2, -0.15) is 0 Å². The zero-order valence-corrected chi connectivity index (χ0v) is 13.2. The fraction of sp³-hybridized carbons (Fsp3) is 0.625. The van der Waals surface area contributed by atoms with Crippen LogP contribution in [0.25, 0.3) is 0 Å². The van der Waals surface area contributed by atoms with Crippen molar-refractivity contribution >= 4 is 0 Å². The summed E-state index contributed by atoms with van der Waals surface area (Å²) >= 11 is 0. The van der Waals surface area contributed by atoms with Crippen molar-refractivity contribution in [1.82, 2.24) is 9.80 Å². The van der Waals surface area contributed by atoms with Crippen molar-refractivity contribution in [2.24, 2.45) is 5.73 Å². The van der Waals surface area contributed by atoms with E-state index in [4.69, 9.17) is 10.5 Å². The van der Waals surface area contributed by atoms with Gasteiger partial charge in [0.2, 0.25) is 0 Å². The summed E-state index contributed by atoms with van der Waals surface area (Å²) in [6, 6.07) is 5.69. The molecule has 0 aromatic heterocycles. The van der Waals surface area contributed by atoms with Crippen molar-refractivity contribution in [2.75, 3.05) is 40.8 Å². The molecule has 1 heterocycles. The predicted octanol–water partition coefficient (Wildman–Crippen LogP) is 1.86. The molecule has 0 aliphatic carbocycles. The first-order valence-corrected chi connectivity index (χ1v) is 7.50. The minimum absolute atomic E-state index is 0.0272. The zero-order valence-electron chi connectivity index (χ0n) is 13.2. The fourth-order valence-corrected chi connectivity index (χ4v) is 3.13. The summed E-state index contributed by atoms with van der Waals surface area (Å²) in [5.41, 5.74) is 6.83. The maximum absolute atomic E-state index is 13.9. The predicted molar refractivity (Wildman–Crippen MR) is 83.0 cm³/mol. The van der Waals surface area contributed by atoms with Crippen LogP contribution in [0.15, 0.2) is 18.2 Å². The maximum atomic E-state index is 13.9. The molecule has 1 aliphatic rings. The van der Waals surface area contributed by atoms with Crippen LogP contribution in [0.3, 0.4) is 0 Å². The van der Waals surface area contributed by atoms with E-state index in [2.05, 4.69) is 23.9 Å². The lowest BCUT2D eigenvalue weighted by molar-refractivity contribution is 0.179. The van der Waals surface area contributed by atoms with Crippen molar-refractivity contribution < 1.29 is 9.13 Å². The first-order chi connectivity index (χ1) is 10.1. The minimum Gasteiger partial charge on any atom is -0.494 e. The number of methoxy groups -OCH3 is 1. The number of hydrogen-bond donors (Lipinski definition) is 1. The summed E-state index contributed by atoms with van der Waals surface area (Å²) in [4.78, 5) is 4.62. The van der Waals surface area contributed by atoms with Crippen LogP contribution in [-0.4, -0.2) is 56.7 Å². The summed E-state index contributed by atoms with van der Waals surface area (Å²) in [5.74, 6) is -0.0625. The molecule has 2 rings (SSSR count). The highest BCUT2D eigenvalue weighted by molar-refractivity contribution is 5.31. The Morgan fingerprint density at radius 3 is 2.81 bits per heavy atom. The minimum atomic E-state index is -0.333. The van der Waals surface area contributed by atoms with Crippen LogP contribution in [0, 0.1) is 5.82 Å². The average molecular weight is 295 g/mol. The Labute approximate surface area is 126 Å². The lowest BCUT2D eigenvalue weighted by atomic mass is 10.0. The van der Waals surface area contributed by atoms with E-state index < -0.39 is 0 Å². The van der Waals surface area contributed by atoms with Gasteiger partial charge in [0.1, 0.15) is 0 Å². The Kier molecular flexibility index (Phi) is 5.56. The third-order valence-electron chi connectivity index (χ3n) is 4.49. The topological polar surface area (TPSA) is 41.7 Å². The van der Waals surface area contributed by atoms with Gasteiger partial charge in [0, 0.05) is 25.2 Å². The third-order valence-corrected chi connectivity index (χ3v) is 4.49. The molecule has 5 heteroatoms. The molecule has 1 aromatic rings. The Hall–Kier alpha value is -1.17. The highest BCUT2D eigenvalue weighted by Crippen LogP contribution is 2.26. The summed E-state index contributed by atoms with van der Waals surface area (Å²) in [6.07, 6.45) is 2.47. The van der Waals surface area contributed by atoms with Crippen LogP contribution in [0.2, 0.25) is 0 Å². The van der Waals surface area contributed by atoms with Gasteiger partial charge in [-0.15, -0.1) is 0 Å². The van der Waals surface area contributed by atoms with E-state index in [0.717, 1.165) is 18.7 Å². The fourth-order valence-electron chi connectivity index (χ4n) is 3.13. The molecule has 2 N–H and O–H groups in total. The first kappa shape index (κ1) is 16.2. The normalized spacial score (nSPS) is 21.0. The molecule has 4 nitrogen and oxygen atoms in total. The van der Waals surface area contributed by atoms with E-state index in [9.17, 15) is 4.39 Å². The molecule has 0 radical (unpaired) electrons. The Morgan fingerprint density at radius 1 is 1.52 bits per heavy atom. The van der Waals surface area contributed by atoms with E-state index in [1.165, 1.54) is 26.0 Å². The monoisotopic (exact) mass is 295 g/mol. The van der Waals surface area contributed by atoms with Crippen molar-refractivity contribution in [3.63, 3.8) is 0 Å². The van der Waals surface area contributed by atoms with Gasteiger partial charge in [-0.3, -0.25) is 4.90 Å². The Morgan fingerprint density at radius 2 is 2.29 bits per heavy atom. The van der Waals surface area contributed by atoms with Gasteiger partial charge in [-0.05, 0) is 51.2 Å². The number of benzene rings is 1. The molecule has 0 spiro atoms. The molecule has 2 atom stereocenters. The number of hydrogen-bond acceptors (Lipinski definition) is 4. The van der Waals surface area contributed by atoms with Crippen molar-refractivity contribution in [3.8, 4) is 5.75 Å². The molecule has 2 unspecified atom stereocenters. The second-order valence-electron chi connectivity index (χ2n) is 5.86. The molecule has 0 amide bonds. The van der Waals surface area contributed by atoms with Crippen LogP contribution in [-0.2, 0) is 0 Å². The molecule has 0 saturated carbocycles. The van der Waals surface area contributed by atoms with Gasteiger partial charge in [0.15, 0.2) is 11.6 Å². The van der Waals surface area contributed by atoms with Crippen molar-refractivity contribution in [2.45, 2.75) is 24.9 Å². The van der Waals surface area contributed by atoms with E-state index in [0.29, 0.717) is 12.6 Å². The summed E-state index contributed by atoms with van der Waals surface area (Å²) in [7, 11) is 5.70. The van der Waals surface area contributed by atoms with Crippen molar-refractivity contribution in [3.05, 3.63) is 29.6 Å². The second kappa shape index (κ2) is 7.20. The van der Waals surface area contributed by atoms with Crippen LogP contribution >= 0.6 is 0 Å². The number of nitrogens with two attached hydrogens (primary N) is 1. The average Bonchev–Trinajstić information content (AvgIpc) is 2.85. The van der Waals surface area contributed by atoms with E-state index in [1.807, 2.05) is 6.07 Å². The SMILES string of the molecule is COc1ccc(C(CN)N(C)CC2CCCN2C)cc1F. The van der Waals surface area contributed by atoms with Crippen LogP contribution in [0.4, 0.5) is 4.39 Å². The van der Waals surface area contributed by atoms with Crippen LogP contribution in [0.1, 0.15) is 24.4 Å².